The molecule has 8 heteroatoms. The van der Waals surface area contributed by atoms with Gasteiger partial charge >= 0.3 is 0 Å². The quantitative estimate of drug-likeness (QED) is 0.303. The van der Waals surface area contributed by atoms with Gasteiger partial charge in [-0.25, -0.2) is 4.98 Å². The molecule has 7 nitrogen and oxygen atoms in total. The summed E-state index contributed by atoms with van der Waals surface area (Å²) in [6.07, 6.45) is 0.00901. The fraction of sp³-hybridized carbons (Fsp3) is 0.481. The Hall–Kier alpha value is -2.68. The number of rotatable bonds is 10. The number of aliphatic hydroxyl groups is 1. The molecule has 3 rings (SSSR count). The monoisotopic (exact) mass is 497 g/mol. The maximum atomic E-state index is 13.1. The van der Waals surface area contributed by atoms with Gasteiger partial charge in [0.1, 0.15) is 23.8 Å². The Labute approximate surface area is 209 Å². The molecule has 2 aromatic carbocycles. The summed E-state index contributed by atoms with van der Waals surface area (Å²) in [4.78, 5) is 19.2. The zero-order valence-corrected chi connectivity index (χ0v) is 23.1. The largest absolute Gasteiger partial charge is 0.505 e. The number of phenolic OH excluding ortho intramolecular Hbond substituents is 1. The van der Waals surface area contributed by atoms with Crippen molar-refractivity contribution in [2.75, 3.05) is 20.7 Å². The fourth-order valence-corrected chi connectivity index (χ4v) is 4.93. The number of carbonyl (C=O) groups excluding carboxylic acids is 1. The van der Waals surface area contributed by atoms with Gasteiger partial charge in [-0.1, -0.05) is 43.9 Å². The summed E-state index contributed by atoms with van der Waals surface area (Å²) in [5.41, 5.74) is 3.90. The van der Waals surface area contributed by atoms with Gasteiger partial charge in [-0.05, 0) is 49.9 Å². The van der Waals surface area contributed by atoms with Crippen LogP contribution in [0.25, 0.3) is 11.0 Å². The molecule has 1 atom stereocenters. The number of carbonyl (C=O) groups is 1. The molecule has 0 spiro atoms. The highest BCUT2D eigenvalue weighted by Gasteiger charge is 2.24. The number of ether oxygens (including phenoxy) is 1. The molecule has 3 aromatic rings. The average Bonchev–Trinajstić information content (AvgIpc) is 3.10. The van der Waals surface area contributed by atoms with Crippen LogP contribution in [0.3, 0.4) is 0 Å². The maximum absolute atomic E-state index is 13.1. The molecule has 0 saturated carbocycles. The number of fused-ring (bicyclic) bond motifs is 1. The lowest BCUT2D eigenvalue weighted by atomic mass is 9.94. The second kappa shape index (κ2) is 10.9. The van der Waals surface area contributed by atoms with Crippen molar-refractivity contribution < 1.29 is 19.7 Å². The minimum Gasteiger partial charge on any atom is -0.505 e. The molecule has 35 heavy (non-hydrogen) atoms. The van der Waals surface area contributed by atoms with Crippen LogP contribution in [0.2, 0.25) is 25.7 Å². The zero-order valence-electron chi connectivity index (χ0n) is 22.1. The summed E-state index contributed by atoms with van der Waals surface area (Å²) >= 11 is 0. The molecule has 0 aliphatic carbocycles. The van der Waals surface area contributed by atoms with Gasteiger partial charge in [0.05, 0.1) is 11.6 Å². The smallest absolute Gasteiger partial charge is 0.253 e. The third-order valence-electron chi connectivity index (χ3n) is 6.38. The van der Waals surface area contributed by atoms with E-state index in [0.29, 0.717) is 54.2 Å². The Bertz CT molecular complexity index is 1200. The second-order valence-corrected chi connectivity index (χ2v) is 16.3. The van der Waals surface area contributed by atoms with E-state index in [0.717, 1.165) is 17.2 Å². The van der Waals surface area contributed by atoms with Crippen LogP contribution in [0.5, 0.6) is 5.75 Å². The van der Waals surface area contributed by atoms with Crippen LogP contribution in [-0.4, -0.2) is 59.3 Å². The Morgan fingerprint density at radius 1 is 1.20 bits per heavy atom. The van der Waals surface area contributed by atoms with Crippen molar-refractivity contribution in [1.29, 1.82) is 0 Å². The fourth-order valence-electron chi connectivity index (χ4n) is 4.18. The van der Waals surface area contributed by atoms with Gasteiger partial charge in [0.25, 0.3) is 5.91 Å². The molecule has 0 radical (unpaired) electrons. The molecular formula is C27H39N3O4Si. The molecule has 0 fully saturated rings. The first-order chi connectivity index (χ1) is 16.4. The van der Waals surface area contributed by atoms with Crippen molar-refractivity contribution in [2.24, 2.45) is 0 Å². The topological polar surface area (TPSA) is 87.8 Å². The van der Waals surface area contributed by atoms with Crippen LogP contribution in [0, 0.1) is 13.8 Å². The number of hydrogen-bond acceptors (Lipinski definition) is 5. The van der Waals surface area contributed by atoms with Crippen molar-refractivity contribution in [3.05, 3.63) is 58.4 Å². The number of aromatic hydroxyl groups is 1. The summed E-state index contributed by atoms with van der Waals surface area (Å²) in [5.74, 6) is 0.505. The van der Waals surface area contributed by atoms with Crippen molar-refractivity contribution in [1.82, 2.24) is 14.5 Å². The van der Waals surface area contributed by atoms with E-state index in [4.69, 9.17) is 4.74 Å². The molecule has 0 bridgehead atoms. The molecule has 190 valence electrons. The first-order valence-corrected chi connectivity index (χ1v) is 15.9. The van der Waals surface area contributed by atoms with Crippen LogP contribution < -0.4 is 0 Å². The third-order valence-corrected chi connectivity index (χ3v) is 8.09. The van der Waals surface area contributed by atoms with Crippen molar-refractivity contribution in [3.63, 3.8) is 0 Å². The van der Waals surface area contributed by atoms with Gasteiger partial charge in [-0.3, -0.25) is 4.79 Å². The van der Waals surface area contributed by atoms with Crippen LogP contribution in [0.4, 0.5) is 0 Å². The lowest BCUT2D eigenvalue weighted by molar-refractivity contribution is 0.0824. The van der Waals surface area contributed by atoms with E-state index in [-0.39, 0.29) is 11.7 Å². The number of aromatic nitrogens is 2. The van der Waals surface area contributed by atoms with Gasteiger partial charge in [0.15, 0.2) is 0 Å². The molecule has 1 aromatic heterocycles. The van der Waals surface area contributed by atoms with Crippen molar-refractivity contribution >= 4 is 25.0 Å². The number of nitrogens with zero attached hydrogens (tertiary/aromatic N) is 3. The molecule has 0 aliphatic heterocycles. The zero-order chi connectivity index (χ0) is 25.9. The van der Waals surface area contributed by atoms with Crippen molar-refractivity contribution in [2.45, 2.75) is 65.2 Å². The number of amides is 1. The van der Waals surface area contributed by atoms with Gasteiger partial charge in [-0.2, -0.15) is 0 Å². The number of aryl methyl sites for hydroxylation is 2. The van der Waals surface area contributed by atoms with Crippen LogP contribution in [-0.2, 0) is 17.9 Å². The summed E-state index contributed by atoms with van der Waals surface area (Å²) in [6, 6.07) is 10.6. The third kappa shape index (κ3) is 6.31. The Balaban J connectivity index is 1.95. The van der Waals surface area contributed by atoms with E-state index in [1.807, 2.05) is 42.7 Å². The number of phenols is 1. The SMILES string of the molecule is Cc1ccccc1[C@H](O)CCc1c(C(=O)N(C)C)cc2c(nc(C)n2COCC[Si](C)(C)C)c1O. The first kappa shape index (κ1) is 26.9. The van der Waals surface area contributed by atoms with Crippen molar-refractivity contribution in [3.8, 4) is 5.75 Å². The van der Waals surface area contributed by atoms with E-state index < -0.39 is 14.2 Å². The molecular weight excluding hydrogens is 458 g/mol. The van der Waals surface area contributed by atoms with Crippen LogP contribution in [0.15, 0.2) is 30.3 Å². The van der Waals surface area contributed by atoms with E-state index >= 15 is 0 Å². The van der Waals surface area contributed by atoms with E-state index in [2.05, 4.69) is 24.6 Å². The predicted molar refractivity (Wildman–Crippen MR) is 143 cm³/mol. The van der Waals surface area contributed by atoms with Crippen LogP contribution >= 0.6 is 0 Å². The van der Waals surface area contributed by atoms with Gasteiger partial charge in [-0.15, -0.1) is 0 Å². The number of aliphatic hydroxyl groups excluding tert-OH is 1. The molecule has 0 aliphatic rings. The standard InChI is InChI=1S/C27H39N3O4Si/c1-18-10-8-9-11-20(18)24(31)13-12-21-22(27(33)29(3)4)16-23-25(26(21)32)28-19(2)30(23)17-34-14-15-35(5,6)7/h8-11,16,24,31-32H,12-15,17H2,1-7H3/t24-/m1/s1. The summed E-state index contributed by atoms with van der Waals surface area (Å²) < 4.78 is 7.85. The first-order valence-electron chi connectivity index (χ1n) is 12.2. The highest BCUT2D eigenvalue weighted by atomic mass is 28.3. The average molecular weight is 498 g/mol. The molecule has 0 saturated heterocycles. The van der Waals surface area contributed by atoms with E-state index in [1.165, 1.54) is 4.90 Å². The maximum Gasteiger partial charge on any atom is 0.253 e. The highest BCUT2D eigenvalue weighted by molar-refractivity contribution is 6.76. The van der Waals surface area contributed by atoms with Gasteiger partial charge in [0, 0.05) is 39.9 Å². The molecule has 0 unspecified atom stereocenters. The number of benzene rings is 2. The molecule has 1 heterocycles. The molecule has 2 N–H and O–H groups in total. The highest BCUT2D eigenvalue weighted by Crippen LogP contribution is 2.35. The summed E-state index contributed by atoms with van der Waals surface area (Å²) in [5, 5.41) is 22.1. The minimum absolute atomic E-state index is 0.00590. The number of hydrogen-bond donors (Lipinski definition) is 2. The van der Waals surface area contributed by atoms with Gasteiger partial charge in [0.2, 0.25) is 0 Å². The lowest BCUT2D eigenvalue weighted by Crippen LogP contribution is -2.23. The Kier molecular flexibility index (Phi) is 8.40. The molecule has 1 amide bonds. The normalized spacial score (nSPS) is 12.8. The summed E-state index contributed by atoms with van der Waals surface area (Å²) in [7, 11) is 2.18. The minimum atomic E-state index is -1.21. The van der Waals surface area contributed by atoms with Gasteiger partial charge < -0.3 is 24.4 Å². The number of imidazole rings is 1. The van der Waals surface area contributed by atoms with Crippen LogP contribution in [0.1, 0.15) is 45.4 Å². The van der Waals surface area contributed by atoms with E-state index in [9.17, 15) is 15.0 Å². The second-order valence-electron chi connectivity index (χ2n) is 10.7. The van der Waals surface area contributed by atoms with E-state index in [1.54, 1.807) is 20.2 Å². The Morgan fingerprint density at radius 3 is 2.51 bits per heavy atom. The lowest BCUT2D eigenvalue weighted by Gasteiger charge is -2.19. The Morgan fingerprint density at radius 2 is 1.89 bits per heavy atom. The summed E-state index contributed by atoms with van der Waals surface area (Å²) in [6.45, 7) is 11.7. The predicted octanol–water partition coefficient (Wildman–Crippen LogP) is 5.04.